The molecular formula is C15H28. The Balaban J connectivity index is 1.67. The highest BCUT2D eigenvalue weighted by Gasteiger charge is 2.22. The molecule has 0 amide bonds. The summed E-state index contributed by atoms with van der Waals surface area (Å²) in [6.07, 6.45) is 16.8. The summed E-state index contributed by atoms with van der Waals surface area (Å²) in [6.45, 7) is 2.49. The molecule has 0 heterocycles. The second-order valence-corrected chi connectivity index (χ2v) is 6.10. The fraction of sp³-hybridized carbons (Fsp3) is 1.00. The summed E-state index contributed by atoms with van der Waals surface area (Å²) >= 11 is 0. The lowest BCUT2D eigenvalue weighted by molar-refractivity contribution is 0.214. The van der Waals surface area contributed by atoms with E-state index in [4.69, 9.17) is 0 Å². The van der Waals surface area contributed by atoms with Gasteiger partial charge in [-0.1, -0.05) is 71.1 Å². The van der Waals surface area contributed by atoms with Crippen LogP contribution < -0.4 is 0 Å². The molecule has 0 aromatic heterocycles. The van der Waals surface area contributed by atoms with Gasteiger partial charge in [-0.3, -0.25) is 0 Å². The molecule has 2 atom stereocenters. The predicted molar refractivity (Wildman–Crippen MR) is 66.9 cm³/mol. The van der Waals surface area contributed by atoms with E-state index in [9.17, 15) is 0 Å². The fourth-order valence-electron chi connectivity index (χ4n) is 3.75. The minimum atomic E-state index is 1.03. The Bertz CT molecular complexity index is 167. The van der Waals surface area contributed by atoms with Gasteiger partial charge < -0.3 is 0 Å². The van der Waals surface area contributed by atoms with E-state index in [1.54, 1.807) is 25.7 Å². The van der Waals surface area contributed by atoms with Crippen LogP contribution >= 0.6 is 0 Å². The highest BCUT2D eigenvalue weighted by Crippen LogP contribution is 2.36. The summed E-state index contributed by atoms with van der Waals surface area (Å²) < 4.78 is 0. The van der Waals surface area contributed by atoms with E-state index in [1.807, 2.05) is 0 Å². The Morgan fingerprint density at radius 2 is 1.40 bits per heavy atom. The molecule has 2 aliphatic carbocycles. The molecule has 2 aliphatic rings. The van der Waals surface area contributed by atoms with Crippen LogP contribution in [0.4, 0.5) is 0 Å². The first-order chi connectivity index (χ1) is 7.36. The largest absolute Gasteiger partial charge is 0.0622 e. The third-order valence-electron chi connectivity index (χ3n) is 4.96. The molecule has 0 aromatic rings. The van der Waals surface area contributed by atoms with Crippen molar-refractivity contribution in [3.8, 4) is 0 Å². The predicted octanol–water partition coefficient (Wildman–Crippen LogP) is 5.17. The topological polar surface area (TPSA) is 0 Å². The van der Waals surface area contributed by atoms with Gasteiger partial charge in [-0.2, -0.15) is 0 Å². The van der Waals surface area contributed by atoms with Crippen molar-refractivity contribution in [2.75, 3.05) is 0 Å². The lowest BCUT2D eigenvalue weighted by atomic mass is 9.75. The zero-order valence-electron chi connectivity index (χ0n) is 10.5. The normalized spacial score (nSPS) is 34.2. The fourth-order valence-corrected chi connectivity index (χ4v) is 3.75. The standard InChI is InChI=1S/C15H28/c1-13-7-5-6-10-15(13)12-11-14-8-3-2-4-9-14/h13-15H,2-12H2,1H3. The summed E-state index contributed by atoms with van der Waals surface area (Å²) in [5, 5.41) is 0. The molecule has 15 heavy (non-hydrogen) atoms. The van der Waals surface area contributed by atoms with Crippen molar-refractivity contribution in [1.29, 1.82) is 0 Å². The Labute approximate surface area is 95.8 Å². The molecule has 0 aromatic carbocycles. The van der Waals surface area contributed by atoms with Crippen molar-refractivity contribution in [3.05, 3.63) is 0 Å². The van der Waals surface area contributed by atoms with Crippen molar-refractivity contribution in [1.82, 2.24) is 0 Å². The summed E-state index contributed by atoms with van der Waals surface area (Å²) in [4.78, 5) is 0. The van der Waals surface area contributed by atoms with Gasteiger partial charge in [0.05, 0.1) is 0 Å². The second-order valence-electron chi connectivity index (χ2n) is 6.10. The lowest BCUT2D eigenvalue weighted by Crippen LogP contribution is -2.18. The number of hydrogen-bond acceptors (Lipinski definition) is 0. The van der Waals surface area contributed by atoms with Crippen molar-refractivity contribution >= 4 is 0 Å². The number of rotatable bonds is 3. The van der Waals surface area contributed by atoms with Gasteiger partial charge in [0.15, 0.2) is 0 Å². The van der Waals surface area contributed by atoms with Gasteiger partial charge in [0.25, 0.3) is 0 Å². The lowest BCUT2D eigenvalue weighted by Gasteiger charge is -2.31. The molecule has 2 unspecified atom stereocenters. The van der Waals surface area contributed by atoms with E-state index < -0.39 is 0 Å². The molecule has 0 heteroatoms. The van der Waals surface area contributed by atoms with Gasteiger partial charge in [0.2, 0.25) is 0 Å². The Morgan fingerprint density at radius 3 is 2.13 bits per heavy atom. The molecule has 2 fully saturated rings. The van der Waals surface area contributed by atoms with Crippen LogP contribution in [0.25, 0.3) is 0 Å². The van der Waals surface area contributed by atoms with Gasteiger partial charge in [0.1, 0.15) is 0 Å². The highest BCUT2D eigenvalue weighted by molar-refractivity contribution is 4.74. The highest BCUT2D eigenvalue weighted by atomic mass is 14.3. The van der Waals surface area contributed by atoms with Crippen LogP contribution in [0.15, 0.2) is 0 Å². The smallest absolute Gasteiger partial charge is 0.0388 e. The summed E-state index contributed by atoms with van der Waals surface area (Å²) in [7, 11) is 0. The second kappa shape index (κ2) is 5.92. The summed E-state index contributed by atoms with van der Waals surface area (Å²) in [5.41, 5.74) is 0. The van der Waals surface area contributed by atoms with Crippen molar-refractivity contribution in [2.45, 2.75) is 77.6 Å². The molecular weight excluding hydrogens is 180 g/mol. The zero-order valence-corrected chi connectivity index (χ0v) is 10.5. The van der Waals surface area contributed by atoms with Crippen LogP contribution in [-0.4, -0.2) is 0 Å². The molecule has 0 N–H and O–H groups in total. The van der Waals surface area contributed by atoms with Crippen LogP contribution in [0.2, 0.25) is 0 Å². The van der Waals surface area contributed by atoms with Crippen molar-refractivity contribution < 1.29 is 0 Å². The van der Waals surface area contributed by atoms with Crippen LogP contribution in [0.5, 0.6) is 0 Å². The molecule has 2 rings (SSSR count). The van der Waals surface area contributed by atoms with Crippen LogP contribution in [0.3, 0.4) is 0 Å². The van der Waals surface area contributed by atoms with Gasteiger partial charge in [-0.05, 0) is 24.2 Å². The monoisotopic (exact) mass is 208 g/mol. The molecule has 0 radical (unpaired) electrons. The van der Waals surface area contributed by atoms with Crippen molar-refractivity contribution in [3.63, 3.8) is 0 Å². The molecule has 88 valence electrons. The van der Waals surface area contributed by atoms with E-state index in [1.165, 1.54) is 44.9 Å². The SMILES string of the molecule is CC1CCCCC1CCC1CCCCC1. The molecule has 0 bridgehead atoms. The Hall–Kier alpha value is 0. The van der Waals surface area contributed by atoms with E-state index in [2.05, 4.69) is 6.92 Å². The molecule has 0 aliphatic heterocycles. The number of hydrogen-bond donors (Lipinski definition) is 0. The first-order valence-electron chi connectivity index (χ1n) is 7.36. The third-order valence-corrected chi connectivity index (χ3v) is 4.96. The average Bonchev–Trinajstić information content (AvgIpc) is 2.29. The maximum absolute atomic E-state index is 2.49. The summed E-state index contributed by atoms with van der Waals surface area (Å²) in [5.74, 6) is 3.22. The Morgan fingerprint density at radius 1 is 0.733 bits per heavy atom. The minimum absolute atomic E-state index is 1.03. The van der Waals surface area contributed by atoms with Gasteiger partial charge in [-0.15, -0.1) is 0 Å². The molecule has 0 nitrogen and oxygen atoms in total. The van der Waals surface area contributed by atoms with Gasteiger partial charge >= 0.3 is 0 Å². The van der Waals surface area contributed by atoms with E-state index in [0.29, 0.717) is 0 Å². The average molecular weight is 208 g/mol. The maximum Gasteiger partial charge on any atom is -0.0388 e. The molecule has 0 spiro atoms. The first-order valence-corrected chi connectivity index (χ1v) is 7.36. The van der Waals surface area contributed by atoms with Crippen LogP contribution in [-0.2, 0) is 0 Å². The Kier molecular flexibility index (Phi) is 4.53. The molecule has 0 saturated heterocycles. The van der Waals surface area contributed by atoms with E-state index in [-0.39, 0.29) is 0 Å². The van der Waals surface area contributed by atoms with Crippen LogP contribution in [0, 0.1) is 17.8 Å². The third kappa shape index (κ3) is 3.50. The molecule has 2 saturated carbocycles. The minimum Gasteiger partial charge on any atom is -0.0622 e. The van der Waals surface area contributed by atoms with Gasteiger partial charge in [0, 0.05) is 0 Å². The summed E-state index contributed by atoms with van der Waals surface area (Å²) in [6, 6.07) is 0. The first kappa shape index (κ1) is 11.5. The van der Waals surface area contributed by atoms with Crippen molar-refractivity contribution in [2.24, 2.45) is 17.8 Å². The maximum atomic E-state index is 2.49. The zero-order chi connectivity index (χ0) is 10.5. The quantitative estimate of drug-likeness (QED) is 0.600. The van der Waals surface area contributed by atoms with E-state index >= 15 is 0 Å². The van der Waals surface area contributed by atoms with E-state index in [0.717, 1.165) is 17.8 Å². The van der Waals surface area contributed by atoms with Gasteiger partial charge in [-0.25, -0.2) is 0 Å². The van der Waals surface area contributed by atoms with Crippen LogP contribution in [0.1, 0.15) is 77.6 Å².